The Morgan fingerprint density at radius 1 is 0.914 bits per heavy atom. The van der Waals surface area contributed by atoms with Gasteiger partial charge >= 0.3 is 0 Å². The van der Waals surface area contributed by atoms with Crippen molar-refractivity contribution in [3.63, 3.8) is 0 Å². The molecule has 0 unspecified atom stereocenters. The topological polar surface area (TPSA) is 70.4 Å². The van der Waals surface area contributed by atoms with Gasteiger partial charge in [-0.1, -0.05) is 53.3 Å². The molecule has 35 heavy (non-hydrogen) atoms. The van der Waals surface area contributed by atoms with E-state index in [0.29, 0.717) is 22.4 Å². The second-order valence-electron chi connectivity index (χ2n) is 7.77. The molecule has 0 radical (unpaired) electrons. The van der Waals surface area contributed by atoms with Gasteiger partial charge in [0.1, 0.15) is 0 Å². The van der Waals surface area contributed by atoms with Gasteiger partial charge in [-0.3, -0.25) is 0 Å². The fourth-order valence-electron chi connectivity index (χ4n) is 3.99. The minimum absolute atomic E-state index is 0.534. The van der Waals surface area contributed by atoms with E-state index < -0.39 is 0 Å². The third-order valence-corrected chi connectivity index (χ3v) is 6.75. The highest BCUT2D eigenvalue weighted by atomic mass is 35.5. The lowest BCUT2D eigenvalue weighted by Crippen LogP contribution is -1.97. The molecule has 3 aromatic carbocycles. The zero-order chi connectivity index (χ0) is 24.4. The van der Waals surface area contributed by atoms with Crippen molar-refractivity contribution in [1.82, 2.24) is 14.8 Å². The highest BCUT2D eigenvalue weighted by Crippen LogP contribution is 2.41. The van der Waals surface area contributed by atoms with Crippen LogP contribution < -0.4 is 19.5 Å². The maximum atomic E-state index is 6.06. The molecular formula is C26H23ClN4O3S. The van der Waals surface area contributed by atoms with Crippen LogP contribution in [0, 0.1) is 0 Å². The van der Waals surface area contributed by atoms with E-state index in [1.54, 1.807) is 21.3 Å². The number of halogens is 1. The van der Waals surface area contributed by atoms with Crippen LogP contribution in [0.25, 0.3) is 21.5 Å². The number of aromatic nitrogens is 3. The average molecular weight is 507 g/mol. The van der Waals surface area contributed by atoms with Crippen LogP contribution in [-0.4, -0.2) is 36.1 Å². The van der Waals surface area contributed by atoms with Gasteiger partial charge in [-0.2, -0.15) is 0 Å². The summed E-state index contributed by atoms with van der Waals surface area (Å²) >= 11 is 7.53. The van der Waals surface area contributed by atoms with Gasteiger partial charge in [-0.15, -0.1) is 10.2 Å². The molecule has 0 spiro atoms. The Bertz CT molecular complexity index is 1460. The number of nitrogens with one attached hydrogen (secondary N) is 1. The number of fused-ring (bicyclic) bond motifs is 1. The largest absolute Gasteiger partial charge is 0.493 e. The van der Waals surface area contributed by atoms with Crippen molar-refractivity contribution in [2.45, 2.75) is 6.54 Å². The first-order chi connectivity index (χ1) is 17.1. The minimum atomic E-state index is 0.534. The van der Waals surface area contributed by atoms with Gasteiger partial charge in [-0.05, 0) is 23.8 Å². The summed E-state index contributed by atoms with van der Waals surface area (Å²) in [5.74, 6) is 1.65. The third kappa shape index (κ3) is 4.62. The van der Waals surface area contributed by atoms with Crippen LogP contribution in [0.5, 0.6) is 17.2 Å². The molecule has 9 heteroatoms. The number of para-hydroxylation sites is 1. The predicted octanol–water partition coefficient (Wildman–Crippen LogP) is 6.63. The van der Waals surface area contributed by atoms with Gasteiger partial charge in [0.05, 0.1) is 21.3 Å². The van der Waals surface area contributed by atoms with Gasteiger partial charge in [-0.25, -0.2) is 0 Å². The lowest BCUT2D eigenvalue weighted by atomic mass is 10.2. The van der Waals surface area contributed by atoms with Crippen LogP contribution in [0.4, 0.5) is 10.8 Å². The standard InChI is InChI=1S/C26H23ClN4O3S/c1-32-22-12-18(13-23(33-2)24(22)34-3)28-26-30-29-25(35-26)20-15-31(21-7-5-4-6-19(20)21)14-16-8-10-17(27)11-9-16/h4-13,15H,14H2,1-3H3,(H,28,30). The van der Waals surface area contributed by atoms with E-state index in [2.05, 4.69) is 38.4 Å². The Labute approximate surface area is 211 Å². The van der Waals surface area contributed by atoms with Crippen molar-refractivity contribution in [3.8, 4) is 27.8 Å². The van der Waals surface area contributed by atoms with Crippen molar-refractivity contribution >= 4 is 44.7 Å². The molecular weight excluding hydrogens is 484 g/mol. The van der Waals surface area contributed by atoms with Gasteiger partial charge in [0.2, 0.25) is 10.9 Å². The molecule has 7 nitrogen and oxygen atoms in total. The second-order valence-corrected chi connectivity index (χ2v) is 9.18. The lowest BCUT2D eigenvalue weighted by molar-refractivity contribution is 0.324. The van der Waals surface area contributed by atoms with E-state index in [4.69, 9.17) is 25.8 Å². The van der Waals surface area contributed by atoms with E-state index in [1.807, 2.05) is 48.5 Å². The summed E-state index contributed by atoms with van der Waals surface area (Å²) < 4.78 is 18.5. The van der Waals surface area contributed by atoms with Crippen molar-refractivity contribution < 1.29 is 14.2 Å². The van der Waals surface area contributed by atoms with Crippen LogP contribution in [0.2, 0.25) is 5.02 Å². The summed E-state index contributed by atoms with van der Waals surface area (Å²) in [6.45, 7) is 0.729. The predicted molar refractivity (Wildman–Crippen MR) is 141 cm³/mol. The smallest absolute Gasteiger partial charge is 0.210 e. The molecule has 0 aliphatic rings. The number of anilines is 2. The van der Waals surface area contributed by atoms with Crippen molar-refractivity contribution in [2.24, 2.45) is 0 Å². The molecule has 5 rings (SSSR count). The molecule has 2 heterocycles. The molecule has 0 fully saturated rings. The monoisotopic (exact) mass is 506 g/mol. The number of methoxy groups -OCH3 is 3. The molecule has 0 aliphatic heterocycles. The van der Waals surface area contributed by atoms with Gasteiger partial charge in [0.15, 0.2) is 16.5 Å². The van der Waals surface area contributed by atoms with E-state index in [1.165, 1.54) is 16.9 Å². The normalized spacial score (nSPS) is 11.0. The zero-order valence-electron chi connectivity index (χ0n) is 19.4. The molecule has 178 valence electrons. The molecule has 0 bridgehead atoms. The quantitative estimate of drug-likeness (QED) is 0.254. The average Bonchev–Trinajstić information content (AvgIpc) is 3.49. The summed E-state index contributed by atoms with van der Waals surface area (Å²) in [5.41, 5.74) is 4.09. The Kier molecular flexibility index (Phi) is 6.48. The molecule has 2 aromatic heterocycles. The Balaban J connectivity index is 1.46. The second kappa shape index (κ2) is 9.85. The summed E-state index contributed by atoms with van der Waals surface area (Å²) in [7, 11) is 4.75. The highest BCUT2D eigenvalue weighted by molar-refractivity contribution is 7.18. The highest BCUT2D eigenvalue weighted by Gasteiger charge is 2.17. The number of nitrogens with zero attached hydrogens (tertiary/aromatic N) is 3. The summed E-state index contributed by atoms with van der Waals surface area (Å²) in [4.78, 5) is 0. The number of hydrogen-bond acceptors (Lipinski definition) is 7. The molecule has 1 N–H and O–H groups in total. The minimum Gasteiger partial charge on any atom is -0.493 e. The zero-order valence-corrected chi connectivity index (χ0v) is 21.0. The third-order valence-electron chi connectivity index (χ3n) is 5.63. The number of benzene rings is 3. The first-order valence-electron chi connectivity index (χ1n) is 10.8. The SMILES string of the molecule is COc1cc(Nc2nnc(-c3cn(Cc4ccc(Cl)cc4)c4ccccc34)s2)cc(OC)c1OC. The number of rotatable bonds is 8. The molecule has 0 saturated carbocycles. The maximum absolute atomic E-state index is 6.06. The van der Waals surface area contributed by atoms with Crippen molar-refractivity contribution in [1.29, 1.82) is 0 Å². The Morgan fingerprint density at radius 2 is 1.63 bits per heavy atom. The van der Waals surface area contributed by atoms with Crippen molar-refractivity contribution in [3.05, 3.63) is 77.4 Å². The van der Waals surface area contributed by atoms with Gasteiger partial charge in [0.25, 0.3) is 0 Å². The first kappa shape index (κ1) is 23.0. The number of ether oxygens (including phenoxy) is 3. The fraction of sp³-hybridized carbons (Fsp3) is 0.154. The van der Waals surface area contributed by atoms with Crippen LogP contribution >= 0.6 is 22.9 Å². The van der Waals surface area contributed by atoms with E-state index in [9.17, 15) is 0 Å². The summed E-state index contributed by atoms with van der Waals surface area (Å²) in [6.07, 6.45) is 2.13. The summed E-state index contributed by atoms with van der Waals surface area (Å²) in [6, 6.07) is 19.9. The first-order valence-corrected chi connectivity index (χ1v) is 12.0. The van der Waals surface area contributed by atoms with E-state index >= 15 is 0 Å². The van der Waals surface area contributed by atoms with Gasteiger partial charge in [0, 0.05) is 52.1 Å². The molecule has 0 amide bonds. The molecule has 0 aliphatic carbocycles. The van der Waals surface area contributed by atoms with Crippen LogP contribution in [0.1, 0.15) is 5.56 Å². The maximum Gasteiger partial charge on any atom is 0.210 e. The fourth-order valence-corrected chi connectivity index (χ4v) is 4.91. The number of hydrogen-bond donors (Lipinski definition) is 1. The lowest BCUT2D eigenvalue weighted by Gasteiger charge is -2.14. The molecule has 0 atom stereocenters. The van der Waals surface area contributed by atoms with E-state index in [-0.39, 0.29) is 0 Å². The Hall–Kier alpha value is -3.75. The van der Waals surface area contributed by atoms with Crippen molar-refractivity contribution in [2.75, 3.05) is 26.6 Å². The van der Waals surface area contributed by atoms with Crippen LogP contribution in [0.15, 0.2) is 66.9 Å². The Morgan fingerprint density at radius 3 is 2.31 bits per heavy atom. The van der Waals surface area contributed by atoms with Crippen LogP contribution in [-0.2, 0) is 6.54 Å². The van der Waals surface area contributed by atoms with Gasteiger partial charge < -0.3 is 24.1 Å². The van der Waals surface area contributed by atoms with Crippen LogP contribution in [0.3, 0.4) is 0 Å². The van der Waals surface area contributed by atoms with E-state index in [0.717, 1.165) is 38.7 Å². The molecule has 0 saturated heterocycles. The summed E-state index contributed by atoms with van der Waals surface area (Å²) in [5, 5.41) is 15.5. The molecule has 5 aromatic rings.